The maximum Gasteiger partial charge on any atom is 0.326 e. The highest BCUT2D eigenvalue weighted by atomic mass is 35.5. The fourth-order valence-corrected chi connectivity index (χ4v) is 1.91. The number of carboxylic acids is 1. The maximum absolute atomic E-state index is 11.1. The molecule has 0 spiro atoms. The smallest absolute Gasteiger partial charge is 0.326 e. The summed E-state index contributed by atoms with van der Waals surface area (Å²) in [6.45, 7) is 3.80. The van der Waals surface area contributed by atoms with Crippen LogP contribution < -0.4 is 4.90 Å². The molecule has 1 aromatic rings. The number of nitrogens with zero attached hydrogens (tertiary/aromatic N) is 1. The molecule has 1 N–H and O–H groups in total. The van der Waals surface area contributed by atoms with Crippen LogP contribution in [0.3, 0.4) is 0 Å². The molecule has 0 amide bonds. The Labute approximate surface area is 101 Å². The Morgan fingerprint density at radius 1 is 1.56 bits per heavy atom. The molecule has 0 saturated heterocycles. The van der Waals surface area contributed by atoms with Crippen molar-refractivity contribution in [3.63, 3.8) is 0 Å². The summed E-state index contributed by atoms with van der Waals surface area (Å²) in [6.07, 6.45) is 0.553. The van der Waals surface area contributed by atoms with Gasteiger partial charge in [-0.15, -0.1) is 0 Å². The third kappa shape index (κ3) is 2.67. The van der Waals surface area contributed by atoms with Crippen molar-refractivity contribution in [1.29, 1.82) is 0 Å². The molecular formula is C12H16ClNO2. The predicted octanol–water partition coefficient (Wildman–Crippen LogP) is 2.95. The Balaban J connectivity index is 3.07. The predicted molar refractivity (Wildman–Crippen MR) is 66.3 cm³/mol. The first-order chi connectivity index (χ1) is 7.47. The van der Waals surface area contributed by atoms with Crippen molar-refractivity contribution < 1.29 is 9.90 Å². The van der Waals surface area contributed by atoms with Gasteiger partial charge in [0.2, 0.25) is 0 Å². The van der Waals surface area contributed by atoms with Crippen molar-refractivity contribution in [3.8, 4) is 0 Å². The summed E-state index contributed by atoms with van der Waals surface area (Å²) in [4.78, 5) is 12.8. The summed E-state index contributed by atoms with van der Waals surface area (Å²) in [5.41, 5.74) is 1.88. The molecule has 0 heterocycles. The second-order valence-corrected chi connectivity index (χ2v) is 4.24. The van der Waals surface area contributed by atoms with E-state index in [2.05, 4.69) is 0 Å². The summed E-state index contributed by atoms with van der Waals surface area (Å²) in [6, 6.07) is 4.97. The van der Waals surface area contributed by atoms with Crippen LogP contribution in [-0.2, 0) is 4.79 Å². The van der Waals surface area contributed by atoms with E-state index in [0.717, 1.165) is 11.3 Å². The summed E-state index contributed by atoms with van der Waals surface area (Å²) in [5, 5.41) is 9.71. The van der Waals surface area contributed by atoms with Gasteiger partial charge >= 0.3 is 5.97 Å². The van der Waals surface area contributed by atoms with Crippen LogP contribution in [0, 0.1) is 6.92 Å². The summed E-state index contributed by atoms with van der Waals surface area (Å²) < 4.78 is 0. The maximum atomic E-state index is 11.1. The fourth-order valence-electron chi connectivity index (χ4n) is 1.74. The first-order valence-corrected chi connectivity index (χ1v) is 5.57. The normalized spacial score (nSPS) is 12.2. The van der Waals surface area contributed by atoms with Gasteiger partial charge in [0.1, 0.15) is 6.04 Å². The minimum Gasteiger partial charge on any atom is -0.480 e. The van der Waals surface area contributed by atoms with Gasteiger partial charge in [0.15, 0.2) is 0 Å². The van der Waals surface area contributed by atoms with Gasteiger partial charge in [-0.2, -0.15) is 0 Å². The summed E-state index contributed by atoms with van der Waals surface area (Å²) in [5.74, 6) is -0.815. The number of carbonyl (C=O) groups is 1. The highest BCUT2D eigenvalue weighted by molar-refractivity contribution is 6.30. The van der Waals surface area contributed by atoms with E-state index in [4.69, 9.17) is 16.7 Å². The Bertz CT molecular complexity index is 393. The molecule has 88 valence electrons. The number of carboxylic acid groups (broad SMARTS) is 1. The fraction of sp³-hybridized carbons (Fsp3) is 0.417. The zero-order chi connectivity index (χ0) is 12.3. The highest BCUT2D eigenvalue weighted by Gasteiger charge is 2.21. The summed E-state index contributed by atoms with van der Waals surface area (Å²) >= 11 is 5.91. The van der Waals surface area contributed by atoms with Crippen LogP contribution in [0.15, 0.2) is 18.2 Å². The third-order valence-electron chi connectivity index (χ3n) is 2.69. The molecule has 0 aliphatic carbocycles. The number of hydrogen-bond acceptors (Lipinski definition) is 2. The van der Waals surface area contributed by atoms with Gasteiger partial charge in [0.05, 0.1) is 0 Å². The minimum absolute atomic E-state index is 0.517. The number of halogens is 1. The molecule has 1 rings (SSSR count). The van der Waals surface area contributed by atoms with Crippen LogP contribution in [0.5, 0.6) is 0 Å². The van der Waals surface area contributed by atoms with E-state index in [0.29, 0.717) is 11.4 Å². The van der Waals surface area contributed by atoms with Crippen molar-refractivity contribution in [2.45, 2.75) is 26.3 Å². The molecule has 0 unspecified atom stereocenters. The number of likely N-dealkylation sites (N-methyl/N-ethyl adjacent to an activating group) is 1. The standard InChI is InChI=1S/C12H16ClNO2/c1-4-10(12(15)16)14(3)11-7-9(13)6-5-8(11)2/h5-7,10H,4H2,1-3H3,(H,15,16)/t10-/m0/s1. The molecule has 0 saturated carbocycles. The second-order valence-electron chi connectivity index (χ2n) is 3.80. The number of benzene rings is 1. The van der Waals surface area contributed by atoms with E-state index in [1.165, 1.54) is 0 Å². The zero-order valence-corrected chi connectivity index (χ0v) is 10.5. The molecule has 0 aromatic heterocycles. The van der Waals surface area contributed by atoms with E-state index in [1.54, 1.807) is 24.1 Å². The minimum atomic E-state index is -0.815. The largest absolute Gasteiger partial charge is 0.480 e. The van der Waals surface area contributed by atoms with Crippen LogP contribution in [0.25, 0.3) is 0 Å². The lowest BCUT2D eigenvalue weighted by atomic mass is 10.1. The molecule has 0 aliphatic heterocycles. The number of aryl methyl sites for hydroxylation is 1. The van der Waals surface area contributed by atoms with E-state index >= 15 is 0 Å². The van der Waals surface area contributed by atoms with Crippen molar-refractivity contribution in [2.24, 2.45) is 0 Å². The van der Waals surface area contributed by atoms with Gasteiger partial charge in [-0.05, 0) is 31.0 Å². The van der Waals surface area contributed by atoms with Gasteiger partial charge in [-0.1, -0.05) is 24.6 Å². The molecule has 0 fully saturated rings. The first-order valence-electron chi connectivity index (χ1n) is 5.19. The Morgan fingerprint density at radius 2 is 2.19 bits per heavy atom. The van der Waals surface area contributed by atoms with Gasteiger partial charge in [0.25, 0.3) is 0 Å². The van der Waals surface area contributed by atoms with E-state index in [1.807, 2.05) is 19.9 Å². The van der Waals surface area contributed by atoms with Crippen molar-refractivity contribution in [1.82, 2.24) is 0 Å². The third-order valence-corrected chi connectivity index (χ3v) is 2.93. The van der Waals surface area contributed by atoms with Gasteiger partial charge in [0, 0.05) is 17.8 Å². The lowest BCUT2D eigenvalue weighted by Gasteiger charge is -2.27. The Morgan fingerprint density at radius 3 is 2.69 bits per heavy atom. The van der Waals surface area contributed by atoms with Crippen LogP contribution in [0.2, 0.25) is 5.02 Å². The van der Waals surface area contributed by atoms with E-state index < -0.39 is 12.0 Å². The Kier molecular flexibility index (Phi) is 4.19. The highest BCUT2D eigenvalue weighted by Crippen LogP contribution is 2.25. The lowest BCUT2D eigenvalue weighted by molar-refractivity contribution is -0.138. The van der Waals surface area contributed by atoms with Gasteiger partial charge in [-0.3, -0.25) is 0 Å². The van der Waals surface area contributed by atoms with Crippen LogP contribution in [-0.4, -0.2) is 24.2 Å². The molecule has 1 atom stereocenters. The van der Waals surface area contributed by atoms with Crippen molar-refractivity contribution in [2.75, 3.05) is 11.9 Å². The monoisotopic (exact) mass is 241 g/mol. The number of hydrogen-bond donors (Lipinski definition) is 1. The molecule has 1 aromatic carbocycles. The molecule has 0 radical (unpaired) electrons. The van der Waals surface area contributed by atoms with Gasteiger partial charge in [-0.25, -0.2) is 4.79 Å². The molecule has 16 heavy (non-hydrogen) atoms. The van der Waals surface area contributed by atoms with Crippen LogP contribution in [0.4, 0.5) is 5.69 Å². The summed E-state index contributed by atoms with van der Waals surface area (Å²) in [7, 11) is 1.78. The topological polar surface area (TPSA) is 40.5 Å². The Hall–Kier alpha value is -1.22. The molecule has 0 bridgehead atoms. The zero-order valence-electron chi connectivity index (χ0n) is 9.70. The molecular weight excluding hydrogens is 226 g/mol. The lowest BCUT2D eigenvalue weighted by Crippen LogP contribution is -2.38. The number of anilines is 1. The average molecular weight is 242 g/mol. The van der Waals surface area contributed by atoms with Crippen LogP contribution in [0.1, 0.15) is 18.9 Å². The van der Waals surface area contributed by atoms with E-state index in [9.17, 15) is 4.79 Å². The molecule has 0 aliphatic rings. The van der Waals surface area contributed by atoms with Crippen molar-refractivity contribution in [3.05, 3.63) is 28.8 Å². The molecule has 3 nitrogen and oxygen atoms in total. The van der Waals surface area contributed by atoms with E-state index in [-0.39, 0.29) is 0 Å². The quantitative estimate of drug-likeness (QED) is 0.881. The average Bonchev–Trinajstić information content (AvgIpc) is 2.22. The second kappa shape index (κ2) is 5.21. The SMILES string of the molecule is CC[C@@H](C(=O)O)N(C)c1cc(Cl)ccc1C. The number of rotatable bonds is 4. The number of aliphatic carboxylic acids is 1. The first kappa shape index (κ1) is 12.8. The van der Waals surface area contributed by atoms with Crippen LogP contribution >= 0.6 is 11.6 Å². The van der Waals surface area contributed by atoms with Crippen molar-refractivity contribution >= 4 is 23.3 Å². The molecule has 4 heteroatoms. The van der Waals surface area contributed by atoms with Gasteiger partial charge < -0.3 is 10.0 Å².